The van der Waals surface area contributed by atoms with Crippen molar-refractivity contribution in [2.24, 2.45) is 0 Å². The Hall–Kier alpha value is -2.77. The predicted octanol–water partition coefficient (Wildman–Crippen LogP) is 2.41. The Labute approximate surface area is 165 Å². The van der Waals surface area contributed by atoms with Crippen LogP contribution in [0.4, 0.5) is 5.82 Å². The highest BCUT2D eigenvalue weighted by Crippen LogP contribution is 2.24. The predicted molar refractivity (Wildman–Crippen MR) is 110 cm³/mol. The Morgan fingerprint density at radius 3 is 2.43 bits per heavy atom. The van der Waals surface area contributed by atoms with Gasteiger partial charge in [0.1, 0.15) is 0 Å². The third-order valence-corrected chi connectivity index (χ3v) is 4.95. The molecule has 0 saturated carbocycles. The van der Waals surface area contributed by atoms with Crippen LogP contribution in [0.3, 0.4) is 0 Å². The molecule has 1 fully saturated rings. The van der Waals surface area contributed by atoms with Crippen molar-refractivity contribution < 1.29 is 4.74 Å². The maximum Gasteiger partial charge on any atom is 0.150 e. The summed E-state index contributed by atoms with van der Waals surface area (Å²) in [7, 11) is 3.92. The summed E-state index contributed by atoms with van der Waals surface area (Å²) < 4.78 is 7.42. The normalized spacial score (nSPS) is 14.9. The van der Waals surface area contributed by atoms with Crippen LogP contribution in [0.1, 0.15) is 0 Å². The van der Waals surface area contributed by atoms with Crippen molar-refractivity contribution in [2.75, 3.05) is 51.8 Å². The van der Waals surface area contributed by atoms with Crippen molar-refractivity contribution in [3.05, 3.63) is 48.7 Å². The van der Waals surface area contributed by atoms with Crippen LogP contribution in [0, 0.1) is 0 Å². The summed E-state index contributed by atoms with van der Waals surface area (Å²) in [5, 5.41) is 13.4. The summed E-state index contributed by atoms with van der Waals surface area (Å²) in [5.41, 5.74) is 3.96. The van der Waals surface area contributed by atoms with Crippen LogP contribution in [-0.4, -0.2) is 71.8 Å². The molecule has 0 N–H and O–H groups in total. The molecule has 2 aromatic heterocycles. The molecule has 7 heteroatoms. The van der Waals surface area contributed by atoms with Crippen LogP contribution in [0.2, 0.25) is 0 Å². The second kappa shape index (κ2) is 8.50. The van der Waals surface area contributed by atoms with Crippen LogP contribution in [0.5, 0.6) is 0 Å². The van der Waals surface area contributed by atoms with Crippen molar-refractivity contribution in [3.63, 3.8) is 0 Å². The largest absolute Gasteiger partial charge is 0.379 e. The Morgan fingerprint density at radius 1 is 0.929 bits per heavy atom. The van der Waals surface area contributed by atoms with Gasteiger partial charge >= 0.3 is 0 Å². The molecule has 1 saturated heterocycles. The molecule has 146 valence electrons. The van der Waals surface area contributed by atoms with E-state index in [0.29, 0.717) is 0 Å². The van der Waals surface area contributed by atoms with Crippen LogP contribution in [0.25, 0.3) is 22.5 Å². The van der Waals surface area contributed by atoms with Gasteiger partial charge in [-0.2, -0.15) is 5.10 Å². The Morgan fingerprint density at radius 2 is 1.71 bits per heavy atom. The zero-order valence-corrected chi connectivity index (χ0v) is 16.5. The van der Waals surface area contributed by atoms with Crippen LogP contribution in [0.15, 0.2) is 48.7 Å². The number of hydrogen-bond acceptors (Lipinski definition) is 6. The van der Waals surface area contributed by atoms with Gasteiger partial charge in [0.05, 0.1) is 31.1 Å². The van der Waals surface area contributed by atoms with Gasteiger partial charge in [0.15, 0.2) is 5.82 Å². The maximum atomic E-state index is 5.40. The lowest BCUT2D eigenvalue weighted by atomic mass is 10.1. The number of nitrogens with zero attached hydrogens (tertiary/aromatic N) is 6. The SMILES string of the molecule is CN(C)c1ccc(-c2cccc(-c3ccn(CCN4CCOCC4)n3)c2)nn1. The summed E-state index contributed by atoms with van der Waals surface area (Å²) >= 11 is 0. The highest BCUT2D eigenvalue weighted by Gasteiger charge is 2.11. The van der Waals surface area contributed by atoms with E-state index in [-0.39, 0.29) is 0 Å². The lowest BCUT2D eigenvalue weighted by molar-refractivity contribution is 0.0360. The number of aromatic nitrogens is 4. The monoisotopic (exact) mass is 378 g/mol. The zero-order valence-electron chi connectivity index (χ0n) is 16.5. The van der Waals surface area contributed by atoms with Gasteiger partial charge in [-0.1, -0.05) is 18.2 Å². The summed E-state index contributed by atoms with van der Waals surface area (Å²) in [4.78, 5) is 4.36. The van der Waals surface area contributed by atoms with Crippen molar-refractivity contribution >= 4 is 5.82 Å². The number of benzene rings is 1. The van der Waals surface area contributed by atoms with Gasteiger partial charge in [-0.3, -0.25) is 9.58 Å². The van der Waals surface area contributed by atoms with E-state index >= 15 is 0 Å². The van der Waals surface area contributed by atoms with Crippen molar-refractivity contribution in [1.29, 1.82) is 0 Å². The molecule has 1 aromatic carbocycles. The van der Waals surface area contributed by atoms with Crippen LogP contribution < -0.4 is 4.90 Å². The minimum Gasteiger partial charge on any atom is -0.379 e. The number of anilines is 1. The number of morpholine rings is 1. The average Bonchev–Trinajstić information content (AvgIpc) is 3.22. The van der Waals surface area contributed by atoms with E-state index in [1.807, 2.05) is 48.1 Å². The molecular formula is C21H26N6O. The third-order valence-electron chi connectivity index (χ3n) is 4.95. The molecule has 1 aliphatic heterocycles. The summed E-state index contributed by atoms with van der Waals surface area (Å²) in [5.74, 6) is 0.846. The zero-order chi connectivity index (χ0) is 19.3. The second-order valence-corrected chi connectivity index (χ2v) is 7.17. The van der Waals surface area contributed by atoms with Crippen LogP contribution >= 0.6 is 0 Å². The summed E-state index contributed by atoms with van der Waals surface area (Å²) in [6, 6.07) is 14.3. The van der Waals surface area contributed by atoms with Crippen molar-refractivity contribution in [3.8, 4) is 22.5 Å². The Balaban J connectivity index is 1.46. The van der Waals surface area contributed by atoms with E-state index < -0.39 is 0 Å². The van der Waals surface area contributed by atoms with E-state index in [0.717, 1.165) is 67.7 Å². The summed E-state index contributed by atoms with van der Waals surface area (Å²) in [6.07, 6.45) is 2.05. The molecule has 1 aliphatic rings. The minimum atomic E-state index is 0.829. The fourth-order valence-electron chi connectivity index (χ4n) is 3.26. The van der Waals surface area contributed by atoms with Crippen molar-refractivity contribution in [2.45, 2.75) is 6.54 Å². The van der Waals surface area contributed by atoms with E-state index in [2.05, 4.69) is 39.4 Å². The number of ether oxygens (including phenoxy) is 1. The molecule has 0 amide bonds. The Kier molecular flexibility index (Phi) is 5.64. The van der Waals surface area contributed by atoms with E-state index in [4.69, 9.17) is 9.84 Å². The van der Waals surface area contributed by atoms with Gasteiger partial charge in [0, 0.05) is 51.1 Å². The fraction of sp³-hybridized carbons (Fsp3) is 0.381. The maximum absolute atomic E-state index is 5.40. The van der Waals surface area contributed by atoms with E-state index in [1.54, 1.807) is 0 Å². The third kappa shape index (κ3) is 4.37. The van der Waals surface area contributed by atoms with E-state index in [1.165, 1.54) is 0 Å². The molecular weight excluding hydrogens is 352 g/mol. The highest BCUT2D eigenvalue weighted by atomic mass is 16.5. The van der Waals surface area contributed by atoms with Gasteiger partial charge in [0.25, 0.3) is 0 Å². The highest BCUT2D eigenvalue weighted by molar-refractivity contribution is 5.69. The van der Waals surface area contributed by atoms with Crippen LogP contribution in [-0.2, 0) is 11.3 Å². The van der Waals surface area contributed by atoms with Gasteiger partial charge in [-0.05, 0) is 24.3 Å². The Bertz CT molecular complexity index is 899. The van der Waals surface area contributed by atoms with Gasteiger partial charge in [-0.15, -0.1) is 10.2 Å². The standard InChI is InChI=1S/C21H26N6O/c1-25(2)21-7-6-19(22-23-21)17-4-3-5-18(16-17)20-8-9-27(24-20)11-10-26-12-14-28-15-13-26/h3-9,16H,10-15H2,1-2H3. The average molecular weight is 378 g/mol. The number of rotatable bonds is 6. The fourth-order valence-corrected chi connectivity index (χ4v) is 3.26. The molecule has 0 atom stereocenters. The molecule has 0 unspecified atom stereocenters. The first kappa shape index (κ1) is 18.6. The van der Waals surface area contributed by atoms with Gasteiger partial charge in [0.2, 0.25) is 0 Å². The first-order chi connectivity index (χ1) is 13.7. The lowest BCUT2D eigenvalue weighted by Crippen LogP contribution is -2.38. The van der Waals surface area contributed by atoms with Gasteiger partial charge < -0.3 is 9.64 Å². The smallest absolute Gasteiger partial charge is 0.150 e. The van der Waals surface area contributed by atoms with Gasteiger partial charge in [-0.25, -0.2) is 0 Å². The first-order valence-electron chi connectivity index (χ1n) is 9.64. The molecule has 0 aliphatic carbocycles. The minimum absolute atomic E-state index is 0.829. The molecule has 3 heterocycles. The molecule has 3 aromatic rings. The second-order valence-electron chi connectivity index (χ2n) is 7.17. The van der Waals surface area contributed by atoms with Crippen molar-refractivity contribution in [1.82, 2.24) is 24.9 Å². The molecule has 0 bridgehead atoms. The number of hydrogen-bond donors (Lipinski definition) is 0. The lowest BCUT2D eigenvalue weighted by Gasteiger charge is -2.26. The molecule has 4 rings (SSSR count). The quantitative estimate of drug-likeness (QED) is 0.657. The molecule has 7 nitrogen and oxygen atoms in total. The van der Waals surface area contributed by atoms with E-state index in [9.17, 15) is 0 Å². The summed E-state index contributed by atoms with van der Waals surface area (Å²) in [6.45, 7) is 5.55. The molecule has 0 spiro atoms. The first-order valence-corrected chi connectivity index (χ1v) is 9.64. The molecule has 0 radical (unpaired) electrons. The molecule has 28 heavy (non-hydrogen) atoms. The topological polar surface area (TPSA) is 59.3 Å².